The van der Waals surface area contributed by atoms with Gasteiger partial charge in [0.1, 0.15) is 11.6 Å². The summed E-state index contributed by atoms with van der Waals surface area (Å²) < 4.78 is 18.8. The van der Waals surface area contributed by atoms with Crippen LogP contribution in [-0.2, 0) is 9.59 Å². The fourth-order valence-electron chi connectivity index (χ4n) is 4.73. The third-order valence-corrected chi connectivity index (χ3v) is 6.81. The fraction of sp³-hybridized carbons (Fsp3) is 0.619. The first kappa shape index (κ1) is 21.3. The predicted molar refractivity (Wildman–Crippen MR) is 111 cm³/mol. The van der Waals surface area contributed by atoms with Crippen molar-refractivity contribution in [2.45, 2.75) is 37.8 Å². The maximum Gasteiger partial charge on any atom is 0.258 e. The Morgan fingerprint density at radius 2 is 2.07 bits per heavy atom. The minimum absolute atomic E-state index is 0.00837. The first-order chi connectivity index (χ1) is 14.5. The zero-order chi connectivity index (χ0) is 21.1. The average Bonchev–Trinajstić information content (AvgIpc) is 3.21. The molecule has 7 nitrogen and oxygen atoms in total. The van der Waals surface area contributed by atoms with E-state index < -0.39 is 5.82 Å². The van der Waals surface area contributed by atoms with Crippen LogP contribution in [0.5, 0.6) is 5.75 Å². The zero-order valence-electron chi connectivity index (χ0n) is 16.8. The van der Waals surface area contributed by atoms with Gasteiger partial charge < -0.3 is 26.0 Å². The van der Waals surface area contributed by atoms with Crippen LogP contribution in [0.3, 0.4) is 0 Å². The molecule has 1 unspecified atom stereocenters. The smallest absolute Gasteiger partial charge is 0.258 e. The number of rotatable bonds is 8. The number of carbonyl (C=O) groups excluding carboxylic acids is 2. The quantitative estimate of drug-likeness (QED) is 0.492. The minimum atomic E-state index is -0.587. The molecule has 1 saturated heterocycles. The topological polar surface area (TPSA) is 91.5 Å². The Morgan fingerprint density at radius 3 is 2.80 bits per heavy atom. The van der Waals surface area contributed by atoms with E-state index in [1.54, 1.807) is 0 Å². The molecule has 0 radical (unpaired) electrons. The van der Waals surface area contributed by atoms with E-state index in [1.807, 2.05) is 0 Å². The van der Waals surface area contributed by atoms with Gasteiger partial charge in [0.15, 0.2) is 6.61 Å². The van der Waals surface area contributed by atoms with Gasteiger partial charge in [-0.3, -0.25) is 9.59 Å². The molecule has 5 rings (SSSR count). The zero-order valence-corrected chi connectivity index (χ0v) is 17.5. The van der Waals surface area contributed by atoms with Gasteiger partial charge >= 0.3 is 0 Å². The first-order valence-electron chi connectivity index (χ1n) is 10.6. The van der Waals surface area contributed by atoms with Gasteiger partial charge in [-0.1, -0.05) is 11.6 Å². The number of fused-ring (bicyclic) bond motifs is 2. The van der Waals surface area contributed by atoms with Crippen LogP contribution in [0.25, 0.3) is 0 Å². The number of amides is 2. The molecule has 0 spiro atoms. The van der Waals surface area contributed by atoms with Crippen molar-refractivity contribution in [3.05, 3.63) is 29.0 Å². The van der Waals surface area contributed by atoms with Gasteiger partial charge in [-0.2, -0.15) is 0 Å². The van der Waals surface area contributed by atoms with Crippen molar-refractivity contribution in [2.24, 2.45) is 17.8 Å². The lowest BCUT2D eigenvalue weighted by Crippen LogP contribution is -2.57. The highest BCUT2D eigenvalue weighted by Crippen LogP contribution is 2.49. The van der Waals surface area contributed by atoms with Gasteiger partial charge in [-0.25, -0.2) is 4.39 Å². The normalized spacial score (nSPS) is 29.7. The van der Waals surface area contributed by atoms with Crippen molar-refractivity contribution >= 4 is 23.4 Å². The second-order valence-electron chi connectivity index (χ2n) is 8.48. The van der Waals surface area contributed by atoms with Crippen molar-refractivity contribution < 1.29 is 18.7 Å². The molecular formula is C21H28ClFN4O3. The van der Waals surface area contributed by atoms with Gasteiger partial charge in [0.25, 0.3) is 5.91 Å². The molecule has 1 aromatic carbocycles. The molecule has 0 aromatic heterocycles. The van der Waals surface area contributed by atoms with Crippen molar-refractivity contribution in [2.75, 3.05) is 26.4 Å². The maximum absolute atomic E-state index is 13.5. The highest BCUT2D eigenvalue weighted by molar-refractivity contribution is 6.30. The summed E-state index contributed by atoms with van der Waals surface area (Å²) in [6.45, 7) is 2.21. The molecule has 9 heteroatoms. The van der Waals surface area contributed by atoms with Crippen molar-refractivity contribution in [1.29, 1.82) is 0 Å². The lowest BCUT2D eigenvalue weighted by Gasteiger charge is -2.50. The van der Waals surface area contributed by atoms with E-state index in [4.69, 9.17) is 16.3 Å². The number of benzene rings is 1. The predicted octanol–water partition coefficient (Wildman–Crippen LogP) is 1.41. The molecule has 4 fully saturated rings. The summed E-state index contributed by atoms with van der Waals surface area (Å²) in [6, 6.07) is 4.45. The van der Waals surface area contributed by atoms with Crippen LogP contribution in [0, 0.1) is 23.6 Å². The molecule has 164 valence electrons. The summed E-state index contributed by atoms with van der Waals surface area (Å²) in [5, 5.41) is 12.7. The Labute approximate surface area is 180 Å². The van der Waals surface area contributed by atoms with E-state index in [-0.39, 0.29) is 41.2 Å². The molecule has 1 aliphatic heterocycles. The number of halogens is 2. The fourth-order valence-corrected chi connectivity index (χ4v) is 4.84. The second kappa shape index (κ2) is 9.49. The third-order valence-electron chi connectivity index (χ3n) is 6.50. The standard InChI is InChI=1S/C21H28ClFN4O3/c22-17-2-1-15(7-18(17)23)30-10-20(28)27-19-8-16(12-5-13(19)6-12)21(29)25-4-3-14-9-24-11-26-14/h1-2,7,12-14,16,19,24,26H,3-6,8-11H2,(H,25,29)(H,27,28)/t12?,13?,14?,16-,19+/m0/s1. The van der Waals surface area contributed by atoms with E-state index in [0.29, 0.717) is 30.8 Å². The Balaban J connectivity index is 1.21. The highest BCUT2D eigenvalue weighted by atomic mass is 35.5. The van der Waals surface area contributed by atoms with E-state index in [2.05, 4.69) is 21.3 Å². The number of carbonyl (C=O) groups is 2. The first-order valence-corrected chi connectivity index (χ1v) is 11.0. The van der Waals surface area contributed by atoms with Crippen LogP contribution in [0.15, 0.2) is 18.2 Å². The summed E-state index contributed by atoms with van der Waals surface area (Å²) in [5.41, 5.74) is 0. The molecule has 1 heterocycles. The molecule has 30 heavy (non-hydrogen) atoms. The number of ether oxygens (including phenoxy) is 1. The summed E-state index contributed by atoms with van der Waals surface area (Å²) in [5.74, 6) is 0.282. The number of hydrogen-bond donors (Lipinski definition) is 4. The Bertz CT molecular complexity index is 784. The lowest BCUT2D eigenvalue weighted by molar-refractivity contribution is -0.136. The van der Waals surface area contributed by atoms with Crippen LogP contribution >= 0.6 is 11.6 Å². The van der Waals surface area contributed by atoms with Crippen LogP contribution in [-0.4, -0.2) is 50.3 Å². The van der Waals surface area contributed by atoms with Crippen molar-refractivity contribution in [3.8, 4) is 5.75 Å². The molecule has 2 amide bonds. The van der Waals surface area contributed by atoms with Crippen LogP contribution < -0.4 is 26.0 Å². The summed E-state index contributed by atoms with van der Waals surface area (Å²) in [4.78, 5) is 25.0. The SMILES string of the molecule is O=C(COc1ccc(Cl)c(F)c1)N[C@@H]1C[C@H](C(=O)NCCC2CNCN2)C2CC1C2. The molecule has 3 aliphatic carbocycles. The molecular weight excluding hydrogens is 411 g/mol. The van der Waals surface area contributed by atoms with Gasteiger partial charge in [-0.15, -0.1) is 0 Å². The monoisotopic (exact) mass is 438 g/mol. The molecule has 1 aromatic rings. The summed E-state index contributed by atoms with van der Waals surface area (Å²) in [6.07, 6.45) is 3.51. The van der Waals surface area contributed by atoms with Crippen molar-refractivity contribution in [1.82, 2.24) is 21.3 Å². The van der Waals surface area contributed by atoms with Crippen LogP contribution in [0.4, 0.5) is 4.39 Å². The largest absolute Gasteiger partial charge is 0.484 e. The van der Waals surface area contributed by atoms with Crippen molar-refractivity contribution in [3.63, 3.8) is 0 Å². The van der Waals surface area contributed by atoms with Gasteiger partial charge in [0, 0.05) is 43.8 Å². The van der Waals surface area contributed by atoms with E-state index >= 15 is 0 Å². The molecule has 4 aliphatic rings. The van der Waals surface area contributed by atoms with Gasteiger partial charge in [0.05, 0.1) is 5.02 Å². The average molecular weight is 439 g/mol. The van der Waals surface area contributed by atoms with E-state index in [0.717, 1.165) is 38.5 Å². The molecule has 3 atom stereocenters. The number of nitrogens with one attached hydrogen (secondary N) is 4. The Morgan fingerprint density at radius 1 is 1.23 bits per heavy atom. The van der Waals surface area contributed by atoms with Crippen LogP contribution in [0.1, 0.15) is 25.7 Å². The lowest BCUT2D eigenvalue weighted by atomic mass is 9.57. The molecule has 3 saturated carbocycles. The van der Waals surface area contributed by atoms with Gasteiger partial charge in [0.2, 0.25) is 5.91 Å². The Kier molecular flexibility index (Phi) is 6.75. The van der Waals surface area contributed by atoms with E-state index in [1.165, 1.54) is 12.1 Å². The summed E-state index contributed by atoms with van der Waals surface area (Å²) >= 11 is 5.65. The van der Waals surface area contributed by atoms with E-state index in [9.17, 15) is 14.0 Å². The second-order valence-corrected chi connectivity index (χ2v) is 8.89. The molecule has 4 N–H and O–H groups in total. The maximum atomic E-state index is 13.5. The third kappa shape index (κ3) is 5.04. The number of hydrogen-bond acceptors (Lipinski definition) is 5. The Hall–Kier alpha value is -1.90. The van der Waals surface area contributed by atoms with Crippen LogP contribution in [0.2, 0.25) is 5.02 Å². The molecule has 2 bridgehead atoms. The highest BCUT2D eigenvalue weighted by Gasteiger charge is 2.48. The summed E-state index contributed by atoms with van der Waals surface area (Å²) in [7, 11) is 0. The minimum Gasteiger partial charge on any atom is -0.484 e. The van der Waals surface area contributed by atoms with Gasteiger partial charge in [-0.05, 0) is 49.7 Å².